The number of aromatic carboxylic acids is 1. The van der Waals surface area contributed by atoms with Crippen molar-refractivity contribution in [2.75, 3.05) is 13.6 Å². The molecule has 1 heterocycles. The standard InChI is InChI=1S/C11H16N2O5S/c1-13(6-7-2-8(14)3-7)19(17,18)9-4-10(11(15)16)12-5-9/h4-5,7-8,12,14H,2-3,6H2,1H3,(H,15,16). The predicted molar refractivity (Wildman–Crippen MR) is 66.3 cm³/mol. The second kappa shape index (κ2) is 4.95. The molecule has 1 fully saturated rings. The summed E-state index contributed by atoms with van der Waals surface area (Å²) in [5, 5.41) is 17.9. The van der Waals surface area contributed by atoms with E-state index in [0.29, 0.717) is 19.4 Å². The Bertz CT molecular complexity index is 574. The summed E-state index contributed by atoms with van der Waals surface area (Å²) in [6, 6.07) is 1.10. The number of aromatic amines is 1. The van der Waals surface area contributed by atoms with E-state index in [1.54, 1.807) is 0 Å². The van der Waals surface area contributed by atoms with Crippen molar-refractivity contribution >= 4 is 16.0 Å². The van der Waals surface area contributed by atoms with Crippen LogP contribution in [0.1, 0.15) is 23.3 Å². The van der Waals surface area contributed by atoms with E-state index >= 15 is 0 Å². The van der Waals surface area contributed by atoms with Crippen molar-refractivity contribution in [1.82, 2.24) is 9.29 Å². The molecule has 0 spiro atoms. The van der Waals surface area contributed by atoms with Crippen LogP contribution in [0.2, 0.25) is 0 Å². The maximum atomic E-state index is 12.2. The van der Waals surface area contributed by atoms with Crippen LogP contribution in [0.25, 0.3) is 0 Å². The van der Waals surface area contributed by atoms with E-state index < -0.39 is 16.0 Å². The highest BCUT2D eigenvalue weighted by molar-refractivity contribution is 7.89. The van der Waals surface area contributed by atoms with Crippen LogP contribution in [0.15, 0.2) is 17.2 Å². The lowest BCUT2D eigenvalue weighted by Gasteiger charge is -2.33. The van der Waals surface area contributed by atoms with Gasteiger partial charge in [0.1, 0.15) is 10.6 Å². The molecule has 1 aliphatic carbocycles. The topological polar surface area (TPSA) is 111 Å². The Morgan fingerprint density at radius 1 is 1.53 bits per heavy atom. The van der Waals surface area contributed by atoms with Gasteiger partial charge in [-0.1, -0.05) is 0 Å². The summed E-state index contributed by atoms with van der Waals surface area (Å²) in [6.07, 6.45) is 2.05. The van der Waals surface area contributed by atoms with E-state index in [1.807, 2.05) is 0 Å². The lowest BCUT2D eigenvalue weighted by Crippen LogP contribution is -2.39. The van der Waals surface area contributed by atoms with Crippen LogP contribution in [0.4, 0.5) is 0 Å². The van der Waals surface area contributed by atoms with Gasteiger partial charge in [-0.3, -0.25) is 0 Å². The maximum Gasteiger partial charge on any atom is 0.352 e. The van der Waals surface area contributed by atoms with Gasteiger partial charge in [0.15, 0.2) is 0 Å². The number of hydrogen-bond donors (Lipinski definition) is 3. The van der Waals surface area contributed by atoms with Gasteiger partial charge < -0.3 is 15.2 Å². The van der Waals surface area contributed by atoms with Crippen molar-refractivity contribution in [3.8, 4) is 0 Å². The SMILES string of the molecule is CN(CC1CC(O)C1)S(=O)(=O)c1c[nH]c(C(=O)O)c1. The highest BCUT2D eigenvalue weighted by Crippen LogP contribution is 2.29. The zero-order valence-electron chi connectivity index (χ0n) is 10.4. The number of aliphatic hydroxyl groups excluding tert-OH is 1. The second-order valence-electron chi connectivity index (χ2n) is 4.83. The van der Waals surface area contributed by atoms with Crippen molar-refractivity contribution in [2.24, 2.45) is 5.92 Å². The van der Waals surface area contributed by atoms with E-state index in [-0.39, 0.29) is 22.6 Å². The molecule has 0 atom stereocenters. The van der Waals surface area contributed by atoms with Crippen molar-refractivity contribution in [3.63, 3.8) is 0 Å². The molecule has 1 aliphatic rings. The van der Waals surface area contributed by atoms with Crippen molar-refractivity contribution < 1.29 is 23.4 Å². The normalized spacial score (nSPS) is 23.3. The molecule has 1 aromatic heterocycles. The number of sulfonamides is 1. The third-order valence-electron chi connectivity index (χ3n) is 3.32. The number of aromatic nitrogens is 1. The Morgan fingerprint density at radius 3 is 2.63 bits per heavy atom. The Balaban J connectivity index is 2.09. The van der Waals surface area contributed by atoms with Gasteiger partial charge in [0, 0.05) is 19.8 Å². The quantitative estimate of drug-likeness (QED) is 0.712. The number of nitrogens with one attached hydrogen (secondary N) is 1. The van der Waals surface area contributed by atoms with Gasteiger partial charge in [-0.05, 0) is 24.8 Å². The maximum absolute atomic E-state index is 12.2. The minimum absolute atomic E-state index is 0.0627. The number of carbonyl (C=O) groups is 1. The molecule has 0 radical (unpaired) electrons. The fourth-order valence-electron chi connectivity index (χ4n) is 2.14. The lowest BCUT2D eigenvalue weighted by atomic mass is 9.82. The molecule has 8 heteroatoms. The molecular weight excluding hydrogens is 272 g/mol. The number of carboxylic acids is 1. The first-order valence-corrected chi connectivity index (χ1v) is 7.31. The molecule has 2 rings (SSSR count). The lowest BCUT2D eigenvalue weighted by molar-refractivity contribution is 0.0367. The summed E-state index contributed by atoms with van der Waals surface area (Å²) >= 11 is 0. The van der Waals surface area contributed by atoms with Crippen LogP contribution >= 0.6 is 0 Å². The number of rotatable bonds is 5. The fourth-order valence-corrected chi connectivity index (χ4v) is 3.38. The predicted octanol–water partition coefficient (Wildman–Crippen LogP) is 0.104. The molecule has 0 aliphatic heterocycles. The zero-order chi connectivity index (χ0) is 14.2. The average molecular weight is 288 g/mol. The van der Waals surface area contributed by atoms with Crippen molar-refractivity contribution in [1.29, 1.82) is 0 Å². The molecule has 19 heavy (non-hydrogen) atoms. The molecule has 1 saturated carbocycles. The highest BCUT2D eigenvalue weighted by atomic mass is 32.2. The third kappa shape index (κ3) is 2.80. The van der Waals surface area contributed by atoms with Gasteiger partial charge in [0.25, 0.3) is 0 Å². The smallest absolute Gasteiger partial charge is 0.352 e. The Labute approximate surface area is 110 Å². The zero-order valence-corrected chi connectivity index (χ0v) is 11.2. The van der Waals surface area contributed by atoms with Crippen LogP contribution in [-0.2, 0) is 10.0 Å². The van der Waals surface area contributed by atoms with Crippen LogP contribution < -0.4 is 0 Å². The minimum atomic E-state index is -3.68. The fraction of sp³-hybridized carbons (Fsp3) is 0.545. The molecule has 0 bridgehead atoms. The highest BCUT2D eigenvalue weighted by Gasteiger charge is 2.32. The molecular formula is C11H16N2O5S. The molecule has 0 unspecified atom stereocenters. The molecule has 7 nitrogen and oxygen atoms in total. The molecule has 0 aromatic carbocycles. The number of hydrogen-bond acceptors (Lipinski definition) is 4. The van der Waals surface area contributed by atoms with Gasteiger partial charge in [-0.2, -0.15) is 0 Å². The number of carboxylic acid groups (broad SMARTS) is 1. The Morgan fingerprint density at radius 2 is 2.16 bits per heavy atom. The minimum Gasteiger partial charge on any atom is -0.477 e. The second-order valence-corrected chi connectivity index (χ2v) is 6.88. The van der Waals surface area contributed by atoms with Crippen LogP contribution in [0.5, 0.6) is 0 Å². The summed E-state index contributed by atoms with van der Waals surface area (Å²) in [4.78, 5) is 13.1. The Hall–Kier alpha value is -1.38. The summed E-state index contributed by atoms with van der Waals surface area (Å²) in [6.45, 7) is 0.326. The van der Waals surface area contributed by atoms with Gasteiger partial charge >= 0.3 is 5.97 Å². The van der Waals surface area contributed by atoms with Crippen LogP contribution in [-0.4, -0.2) is 53.6 Å². The summed E-state index contributed by atoms with van der Waals surface area (Å²) in [5.74, 6) is -1.04. The first-order valence-electron chi connectivity index (χ1n) is 5.87. The largest absolute Gasteiger partial charge is 0.477 e. The first-order chi connectivity index (χ1) is 8.80. The Kier molecular flexibility index (Phi) is 3.66. The van der Waals surface area contributed by atoms with Gasteiger partial charge in [0.2, 0.25) is 10.0 Å². The van der Waals surface area contributed by atoms with Gasteiger partial charge in [-0.15, -0.1) is 0 Å². The van der Waals surface area contributed by atoms with E-state index in [1.165, 1.54) is 17.5 Å². The van der Waals surface area contributed by atoms with Gasteiger partial charge in [-0.25, -0.2) is 17.5 Å². The van der Waals surface area contributed by atoms with E-state index in [0.717, 1.165) is 6.07 Å². The van der Waals surface area contributed by atoms with Crippen LogP contribution in [0.3, 0.4) is 0 Å². The summed E-state index contributed by atoms with van der Waals surface area (Å²) in [5.41, 5.74) is -0.161. The number of nitrogens with zero attached hydrogens (tertiary/aromatic N) is 1. The van der Waals surface area contributed by atoms with E-state index in [2.05, 4.69) is 4.98 Å². The van der Waals surface area contributed by atoms with E-state index in [4.69, 9.17) is 5.11 Å². The molecule has 1 aromatic rings. The summed E-state index contributed by atoms with van der Waals surface area (Å²) < 4.78 is 25.5. The monoisotopic (exact) mass is 288 g/mol. The molecule has 106 valence electrons. The molecule has 3 N–H and O–H groups in total. The first kappa shape index (κ1) is 14.0. The molecule has 0 saturated heterocycles. The average Bonchev–Trinajstić information content (AvgIpc) is 2.76. The number of H-pyrrole nitrogens is 1. The van der Waals surface area contributed by atoms with E-state index in [9.17, 15) is 18.3 Å². The van der Waals surface area contributed by atoms with Crippen molar-refractivity contribution in [2.45, 2.75) is 23.8 Å². The summed E-state index contributed by atoms with van der Waals surface area (Å²) in [7, 11) is -2.23. The number of aliphatic hydroxyl groups is 1. The van der Waals surface area contributed by atoms with Gasteiger partial charge in [0.05, 0.1) is 6.10 Å². The molecule has 0 amide bonds. The van der Waals surface area contributed by atoms with Crippen molar-refractivity contribution in [3.05, 3.63) is 18.0 Å². The van der Waals surface area contributed by atoms with Crippen LogP contribution in [0, 0.1) is 5.92 Å². The third-order valence-corrected chi connectivity index (χ3v) is 5.12.